The lowest BCUT2D eigenvalue weighted by Crippen LogP contribution is -2.39. The molecule has 1 aliphatic rings. The van der Waals surface area contributed by atoms with Crippen LogP contribution in [0.25, 0.3) is 0 Å². The van der Waals surface area contributed by atoms with E-state index in [2.05, 4.69) is 36.1 Å². The average molecular weight is 352 g/mol. The summed E-state index contributed by atoms with van der Waals surface area (Å²) in [5, 5.41) is 11.3. The molecule has 23 heavy (non-hydrogen) atoms. The number of morpholine rings is 1. The first-order chi connectivity index (χ1) is 11.1. The van der Waals surface area contributed by atoms with E-state index in [0.29, 0.717) is 18.2 Å². The molecule has 122 valence electrons. The first kappa shape index (κ1) is 16.6. The SMILES string of the molecule is Cc1ccc(C(c2cc(Cl)cc(Cl)c2O)N2CCOCC2)cc1. The molecule has 1 N–H and O–H groups in total. The number of ether oxygens (including phenoxy) is 1. The molecule has 0 aliphatic carbocycles. The summed E-state index contributed by atoms with van der Waals surface area (Å²) in [7, 11) is 0. The number of aryl methyl sites for hydroxylation is 1. The predicted octanol–water partition coefficient (Wildman–Crippen LogP) is 4.43. The number of benzene rings is 2. The lowest BCUT2D eigenvalue weighted by molar-refractivity contribution is 0.0235. The van der Waals surface area contributed by atoms with Crippen LogP contribution >= 0.6 is 23.2 Å². The van der Waals surface area contributed by atoms with Gasteiger partial charge in [0.25, 0.3) is 0 Å². The standard InChI is InChI=1S/C18H19Cl2NO2/c1-12-2-4-13(5-3-12)17(21-6-8-23-9-7-21)15-10-14(19)11-16(20)18(15)22/h2-5,10-11,17,22H,6-9H2,1H3. The zero-order valence-electron chi connectivity index (χ0n) is 12.9. The summed E-state index contributed by atoms with van der Waals surface area (Å²) < 4.78 is 5.46. The molecular formula is C18H19Cl2NO2. The van der Waals surface area contributed by atoms with Crippen LogP contribution in [0.15, 0.2) is 36.4 Å². The van der Waals surface area contributed by atoms with Crippen molar-refractivity contribution in [1.82, 2.24) is 4.90 Å². The van der Waals surface area contributed by atoms with Crippen LogP contribution < -0.4 is 0 Å². The highest BCUT2D eigenvalue weighted by Crippen LogP contribution is 2.40. The second kappa shape index (κ2) is 7.10. The van der Waals surface area contributed by atoms with E-state index in [1.54, 1.807) is 12.1 Å². The van der Waals surface area contributed by atoms with Gasteiger partial charge in [0.15, 0.2) is 0 Å². The first-order valence-corrected chi connectivity index (χ1v) is 8.38. The van der Waals surface area contributed by atoms with Gasteiger partial charge < -0.3 is 9.84 Å². The van der Waals surface area contributed by atoms with Crippen LogP contribution in [0.2, 0.25) is 10.0 Å². The van der Waals surface area contributed by atoms with Gasteiger partial charge in [0, 0.05) is 23.7 Å². The maximum atomic E-state index is 10.5. The van der Waals surface area contributed by atoms with E-state index in [9.17, 15) is 5.11 Å². The number of hydrogen-bond acceptors (Lipinski definition) is 3. The molecular weight excluding hydrogens is 333 g/mol. The van der Waals surface area contributed by atoms with Crippen LogP contribution in [-0.4, -0.2) is 36.3 Å². The van der Waals surface area contributed by atoms with E-state index < -0.39 is 0 Å². The van der Waals surface area contributed by atoms with Gasteiger partial charge in [-0.25, -0.2) is 0 Å². The summed E-state index contributed by atoms with van der Waals surface area (Å²) in [6, 6.07) is 11.6. The largest absolute Gasteiger partial charge is 0.506 e. The van der Waals surface area contributed by atoms with Crippen LogP contribution in [0.4, 0.5) is 0 Å². The smallest absolute Gasteiger partial charge is 0.139 e. The lowest BCUT2D eigenvalue weighted by Gasteiger charge is -2.35. The summed E-state index contributed by atoms with van der Waals surface area (Å²) >= 11 is 12.3. The van der Waals surface area contributed by atoms with Crippen molar-refractivity contribution < 1.29 is 9.84 Å². The zero-order valence-corrected chi connectivity index (χ0v) is 14.4. The average Bonchev–Trinajstić information content (AvgIpc) is 2.55. The molecule has 2 aromatic rings. The van der Waals surface area contributed by atoms with Gasteiger partial charge in [0.05, 0.1) is 24.3 Å². The molecule has 2 aromatic carbocycles. The summed E-state index contributed by atoms with van der Waals surface area (Å²) in [6.45, 7) is 5.00. The van der Waals surface area contributed by atoms with Crippen molar-refractivity contribution in [2.24, 2.45) is 0 Å². The molecule has 3 rings (SSSR count). The Kier molecular flexibility index (Phi) is 5.12. The summed E-state index contributed by atoms with van der Waals surface area (Å²) in [5.41, 5.74) is 3.03. The van der Waals surface area contributed by atoms with E-state index in [1.807, 2.05) is 0 Å². The van der Waals surface area contributed by atoms with Gasteiger partial charge in [0.1, 0.15) is 5.75 Å². The maximum Gasteiger partial charge on any atom is 0.139 e. The third-order valence-electron chi connectivity index (χ3n) is 4.16. The Morgan fingerprint density at radius 3 is 2.39 bits per heavy atom. The maximum absolute atomic E-state index is 10.5. The minimum absolute atomic E-state index is 0.0909. The molecule has 5 heteroatoms. The molecule has 1 fully saturated rings. The fraction of sp³-hybridized carbons (Fsp3) is 0.333. The second-order valence-corrected chi connectivity index (χ2v) is 6.63. The Labute approximate surface area is 146 Å². The predicted molar refractivity (Wildman–Crippen MR) is 93.5 cm³/mol. The van der Waals surface area contributed by atoms with Gasteiger partial charge in [0.2, 0.25) is 0 Å². The van der Waals surface area contributed by atoms with Crippen molar-refractivity contribution in [3.63, 3.8) is 0 Å². The Bertz CT molecular complexity index is 682. The highest BCUT2D eigenvalue weighted by atomic mass is 35.5. The monoisotopic (exact) mass is 351 g/mol. The first-order valence-electron chi connectivity index (χ1n) is 7.62. The van der Waals surface area contributed by atoms with Crippen LogP contribution in [0.3, 0.4) is 0 Å². The molecule has 1 saturated heterocycles. The lowest BCUT2D eigenvalue weighted by atomic mass is 9.95. The molecule has 0 bridgehead atoms. The minimum atomic E-state index is -0.101. The van der Waals surface area contributed by atoms with E-state index in [4.69, 9.17) is 27.9 Å². The molecule has 1 aliphatic heterocycles. The topological polar surface area (TPSA) is 32.7 Å². The molecule has 1 heterocycles. The second-order valence-electron chi connectivity index (χ2n) is 5.79. The number of halogens is 2. The van der Waals surface area contributed by atoms with E-state index >= 15 is 0 Å². The highest BCUT2D eigenvalue weighted by Gasteiger charge is 2.27. The number of aromatic hydroxyl groups is 1. The van der Waals surface area contributed by atoms with Gasteiger partial charge in [-0.15, -0.1) is 0 Å². The fourth-order valence-electron chi connectivity index (χ4n) is 2.97. The van der Waals surface area contributed by atoms with Crippen molar-refractivity contribution in [2.75, 3.05) is 26.3 Å². The van der Waals surface area contributed by atoms with Crippen molar-refractivity contribution in [3.8, 4) is 5.75 Å². The third kappa shape index (κ3) is 3.64. The van der Waals surface area contributed by atoms with Crippen LogP contribution in [0.5, 0.6) is 5.75 Å². The number of phenolic OH excluding ortho intramolecular Hbond substituents is 1. The normalized spacial score (nSPS) is 17.2. The summed E-state index contributed by atoms with van der Waals surface area (Å²) in [5.74, 6) is 0.0909. The van der Waals surface area contributed by atoms with Gasteiger partial charge in [-0.3, -0.25) is 4.90 Å². The number of phenols is 1. The van der Waals surface area contributed by atoms with E-state index in [-0.39, 0.29) is 16.8 Å². The Hall–Kier alpha value is -1.26. The summed E-state index contributed by atoms with van der Waals surface area (Å²) in [4.78, 5) is 2.29. The molecule has 0 saturated carbocycles. The van der Waals surface area contributed by atoms with Crippen molar-refractivity contribution >= 4 is 23.2 Å². The minimum Gasteiger partial charge on any atom is -0.506 e. The molecule has 1 unspecified atom stereocenters. The molecule has 1 atom stereocenters. The zero-order chi connectivity index (χ0) is 16.4. The van der Waals surface area contributed by atoms with Gasteiger partial charge >= 0.3 is 0 Å². The van der Waals surface area contributed by atoms with Crippen molar-refractivity contribution in [1.29, 1.82) is 0 Å². The highest BCUT2D eigenvalue weighted by molar-refractivity contribution is 6.35. The Morgan fingerprint density at radius 2 is 1.74 bits per heavy atom. The Morgan fingerprint density at radius 1 is 1.09 bits per heavy atom. The number of rotatable bonds is 3. The third-order valence-corrected chi connectivity index (χ3v) is 4.66. The van der Waals surface area contributed by atoms with Gasteiger partial charge in [-0.2, -0.15) is 0 Å². The van der Waals surface area contributed by atoms with Gasteiger partial charge in [-0.05, 0) is 24.6 Å². The van der Waals surface area contributed by atoms with Crippen molar-refractivity contribution in [2.45, 2.75) is 13.0 Å². The number of hydrogen-bond donors (Lipinski definition) is 1. The fourth-order valence-corrected chi connectivity index (χ4v) is 3.47. The van der Waals surface area contributed by atoms with Gasteiger partial charge in [-0.1, -0.05) is 53.0 Å². The molecule has 0 amide bonds. The van der Waals surface area contributed by atoms with Crippen molar-refractivity contribution in [3.05, 3.63) is 63.1 Å². The van der Waals surface area contributed by atoms with Crippen LogP contribution in [-0.2, 0) is 4.74 Å². The quantitative estimate of drug-likeness (QED) is 0.887. The molecule has 0 radical (unpaired) electrons. The number of nitrogens with zero attached hydrogens (tertiary/aromatic N) is 1. The summed E-state index contributed by atoms with van der Waals surface area (Å²) in [6.07, 6.45) is 0. The van der Waals surface area contributed by atoms with E-state index in [1.165, 1.54) is 5.56 Å². The molecule has 0 spiro atoms. The molecule has 3 nitrogen and oxygen atoms in total. The molecule has 0 aromatic heterocycles. The Balaban J connectivity index is 2.09. The van der Waals surface area contributed by atoms with E-state index in [0.717, 1.165) is 24.2 Å². The van der Waals surface area contributed by atoms with Crippen LogP contribution in [0, 0.1) is 6.92 Å². The van der Waals surface area contributed by atoms with Crippen LogP contribution in [0.1, 0.15) is 22.7 Å².